The van der Waals surface area contributed by atoms with Crippen molar-refractivity contribution in [2.45, 2.75) is 18.9 Å². The van der Waals surface area contributed by atoms with Gasteiger partial charge >= 0.3 is 12.0 Å². The topological polar surface area (TPSA) is 112 Å². The number of aromatic nitrogens is 1. The molecule has 1 aliphatic rings. The molecular weight excluding hydrogens is 348 g/mol. The van der Waals surface area contributed by atoms with Crippen LogP contribution in [0.25, 0.3) is 0 Å². The van der Waals surface area contributed by atoms with Gasteiger partial charge in [0.25, 0.3) is 5.91 Å². The van der Waals surface area contributed by atoms with Gasteiger partial charge in [-0.3, -0.25) is 9.78 Å². The maximum atomic E-state index is 12.5. The lowest BCUT2D eigenvalue weighted by Gasteiger charge is -2.32. The van der Waals surface area contributed by atoms with E-state index in [0.29, 0.717) is 31.6 Å². The minimum atomic E-state index is -1.10. The lowest BCUT2D eigenvalue weighted by Crippen LogP contribution is -2.47. The predicted octanol–water partition coefficient (Wildman–Crippen LogP) is 2.21. The van der Waals surface area contributed by atoms with E-state index in [1.807, 2.05) is 18.2 Å². The number of pyridine rings is 1. The summed E-state index contributed by atoms with van der Waals surface area (Å²) in [6, 6.07) is 11.5. The van der Waals surface area contributed by atoms with Crippen LogP contribution in [0.15, 0.2) is 48.7 Å². The van der Waals surface area contributed by atoms with Crippen LogP contribution in [-0.4, -0.2) is 52.0 Å². The first-order valence-corrected chi connectivity index (χ1v) is 8.64. The Balaban J connectivity index is 1.51. The molecule has 140 valence electrons. The van der Waals surface area contributed by atoms with E-state index in [1.54, 1.807) is 17.0 Å². The second-order valence-electron chi connectivity index (χ2n) is 6.27. The minimum Gasteiger partial charge on any atom is -0.478 e. The third kappa shape index (κ3) is 4.81. The van der Waals surface area contributed by atoms with E-state index in [-0.39, 0.29) is 29.2 Å². The average Bonchev–Trinajstić information content (AvgIpc) is 2.69. The van der Waals surface area contributed by atoms with Crippen molar-refractivity contribution >= 4 is 23.6 Å². The maximum absolute atomic E-state index is 12.5. The molecule has 3 rings (SSSR count). The molecule has 0 unspecified atom stereocenters. The summed E-state index contributed by atoms with van der Waals surface area (Å²) >= 11 is 0. The number of carbonyl (C=O) groups is 3. The van der Waals surface area contributed by atoms with Crippen LogP contribution in [0.3, 0.4) is 0 Å². The summed E-state index contributed by atoms with van der Waals surface area (Å²) in [4.78, 5) is 41.2. The second kappa shape index (κ2) is 8.31. The summed E-state index contributed by atoms with van der Waals surface area (Å²) in [5, 5.41) is 14.7. The molecule has 2 heterocycles. The summed E-state index contributed by atoms with van der Waals surface area (Å²) in [7, 11) is 0. The number of para-hydroxylation sites is 1. The van der Waals surface area contributed by atoms with Crippen molar-refractivity contribution in [3.63, 3.8) is 0 Å². The molecule has 3 amide bonds. The van der Waals surface area contributed by atoms with Gasteiger partial charge in [0.05, 0.1) is 5.56 Å². The molecule has 0 spiro atoms. The van der Waals surface area contributed by atoms with E-state index in [9.17, 15) is 14.4 Å². The van der Waals surface area contributed by atoms with Gasteiger partial charge in [0, 0.05) is 31.0 Å². The van der Waals surface area contributed by atoms with E-state index in [2.05, 4.69) is 15.6 Å². The van der Waals surface area contributed by atoms with E-state index in [4.69, 9.17) is 5.11 Å². The number of nitrogens with zero attached hydrogens (tertiary/aromatic N) is 2. The molecule has 0 bridgehead atoms. The zero-order valence-corrected chi connectivity index (χ0v) is 14.6. The number of likely N-dealkylation sites (tertiary alicyclic amines) is 1. The Morgan fingerprint density at radius 3 is 2.44 bits per heavy atom. The van der Waals surface area contributed by atoms with Crippen LogP contribution in [0.2, 0.25) is 0 Å². The molecule has 0 aliphatic carbocycles. The number of benzene rings is 1. The largest absolute Gasteiger partial charge is 0.478 e. The fraction of sp³-hybridized carbons (Fsp3) is 0.263. The van der Waals surface area contributed by atoms with Gasteiger partial charge in [-0.2, -0.15) is 0 Å². The minimum absolute atomic E-state index is 0.0301. The van der Waals surface area contributed by atoms with Gasteiger partial charge in [0.15, 0.2) is 0 Å². The average molecular weight is 368 g/mol. The zero-order chi connectivity index (χ0) is 19.2. The van der Waals surface area contributed by atoms with Crippen molar-refractivity contribution in [1.29, 1.82) is 0 Å². The number of anilines is 1. The van der Waals surface area contributed by atoms with Crippen LogP contribution in [0.5, 0.6) is 0 Å². The summed E-state index contributed by atoms with van der Waals surface area (Å²) in [6.45, 7) is 0.933. The SMILES string of the molecule is O=C(Nc1ccccc1)NC1CCN(C(=O)c2cc(C(=O)O)ccn2)CC1. The fourth-order valence-electron chi connectivity index (χ4n) is 2.94. The molecule has 0 atom stereocenters. The molecule has 0 radical (unpaired) electrons. The molecule has 2 aromatic rings. The second-order valence-corrected chi connectivity index (χ2v) is 6.27. The number of piperidine rings is 1. The smallest absolute Gasteiger partial charge is 0.335 e. The fourth-order valence-corrected chi connectivity index (χ4v) is 2.94. The molecule has 8 heteroatoms. The van der Waals surface area contributed by atoms with E-state index in [0.717, 1.165) is 0 Å². The number of rotatable bonds is 4. The molecule has 1 saturated heterocycles. The number of carbonyl (C=O) groups excluding carboxylic acids is 2. The van der Waals surface area contributed by atoms with Gasteiger partial charge in [0.1, 0.15) is 5.69 Å². The van der Waals surface area contributed by atoms with E-state index >= 15 is 0 Å². The van der Waals surface area contributed by atoms with E-state index in [1.165, 1.54) is 18.3 Å². The highest BCUT2D eigenvalue weighted by Gasteiger charge is 2.25. The van der Waals surface area contributed by atoms with Crippen LogP contribution in [0.1, 0.15) is 33.7 Å². The molecule has 1 fully saturated rings. The Hall–Kier alpha value is -3.42. The number of aromatic carboxylic acids is 1. The number of nitrogens with one attached hydrogen (secondary N) is 2. The number of carboxylic acid groups (broad SMARTS) is 1. The van der Waals surface area contributed by atoms with Crippen LogP contribution >= 0.6 is 0 Å². The lowest BCUT2D eigenvalue weighted by atomic mass is 10.0. The molecule has 1 aromatic heterocycles. The number of carboxylic acids is 1. The lowest BCUT2D eigenvalue weighted by molar-refractivity contribution is 0.0696. The standard InChI is InChI=1S/C19H20N4O4/c24-17(16-12-13(18(25)26)6-9-20-16)23-10-7-15(8-11-23)22-19(27)21-14-4-2-1-3-5-14/h1-6,9,12,15H,7-8,10-11H2,(H,25,26)(H2,21,22,27). The predicted molar refractivity (Wildman–Crippen MR) is 98.7 cm³/mol. The van der Waals surface area contributed by atoms with Gasteiger partial charge < -0.3 is 20.6 Å². The molecular formula is C19H20N4O4. The molecule has 27 heavy (non-hydrogen) atoms. The van der Waals surface area contributed by atoms with Crippen molar-refractivity contribution < 1.29 is 19.5 Å². The number of hydrogen-bond donors (Lipinski definition) is 3. The van der Waals surface area contributed by atoms with E-state index < -0.39 is 5.97 Å². The quantitative estimate of drug-likeness (QED) is 0.766. The van der Waals surface area contributed by atoms with Gasteiger partial charge in [-0.15, -0.1) is 0 Å². The van der Waals surface area contributed by atoms with Crippen LogP contribution < -0.4 is 10.6 Å². The van der Waals surface area contributed by atoms with Crippen molar-refractivity contribution in [2.75, 3.05) is 18.4 Å². The number of urea groups is 1. The van der Waals surface area contributed by atoms with Gasteiger partial charge in [0.2, 0.25) is 0 Å². The normalized spacial score (nSPS) is 14.4. The number of hydrogen-bond acceptors (Lipinski definition) is 4. The van der Waals surface area contributed by atoms with Crippen LogP contribution in [0, 0.1) is 0 Å². The third-order valence-electron chi connectivity index (χ3n) is 4.38. The maximum Gasteiger partial charge on any atom is 0.335 e. The Kier molecular flexibility index (Phi) is 5.65. The Bertz CT molecular complexity index is 833. The van der Waals surface area contributed by atoms with Crippen molar-refractivity contribution in [3.05, 3.63) is 59.9 Å². The van der Waals surface area contributed by atoms with Gasteiger partial charge in [-0.05, 0) is 37.1 Å². The van der Waals surface area contributed by atoms with Gasteiger partial charge in [-0.1, -0.05) is 18.2 Å². The zero-order valence-electron chi connectivity index (χ0n) is 14.6. The first-order chi connectivity index (χ1) is 13.0. The van der Waals surface area contributed by atoms with Crippen molar-refractivity contribution in [2.24, 2.45) is 0 Å². The highest BCUT2D eigenvalue weighted by molar-refractivity contribution is 5.96. The first-order valence-electron chi connectivity index (χ1n) is 8.64. The van der Waals surface area contributed by atoms with Crippen LogP contribution in [-0.2, 0) is 0 Å². The Morgan fingerprint density at radius 2 is 1.78 bits per heavy atom. The third-order valence-corrected chi connectivity index (χ3v) is 4.38. The van der Waals surface area contributed by atoms with Gasteiger partial charge in [-0.25, -0.2) is 9.59 Å². The molecule has 0 saturated carbocycles. The molecule has 1 aliphatic heterocycles. The van der Waals surface area contributed by atoms with Crippen molar-refractivity contribution in [3.8, 4) is 0 Å². The molecule has 1 aromatic carbocycles. The molecule has 8 nitrogen and oxygen atoms in total. The first kappa shape index (κ1) is 18.4. The van der Waals surface area contributed by atoms with Crippen molar-refractivity contribution in [1.82, 2.24) is 15.2 Å². The highest BCUT2D eigenvalue weighted by atomic mass is 16.4. The summed E-state index contributed by atoms with van der Waals surface area (Å²) in [5.74, 6) is -1.40. The highest BCUT2D eigenvalue weighted by Crippen LogP contribution is 2.14. The molecule has 3 N–H and O–H groups in total. The Labute approximate surface area is 156 Å². The van der Waals surface area contributed by atoms with Crippen LogP contribution in [0.4, 0.5) is 10.5 Å². The Morgan fingerprint density at radius 1 is 1.07 bits per heavy atom. The summed E-state index contributed by atoms with van der Waals surface area (Å²) in [5.41, 5.74) is 0.859. The monoisotopic (exact) mass is 368 g/mol. The summed E-state index contributed by atoms with van der Waals surface area (Å²) in [6.07, 6.45) is 2.55. The summed E-state index contributed by atoms with van der Waals surface area (Å²) < 4.78 is 0. The number of amides is 3.